The van der Waals surface area contributed by atoms with Gasteiger partial charge in [0, 0.05) is 39.3 Å². The molecule has 0 N–H and O–H groups in total. The lowest BCUT2D eigenvalue weighted by atomic mass is 9.95. The Morgan fingerprint density at radius 1 is 0.955 bits per heavy atom. The molecule has 5 nitrogen and oxygen atoms in total. The number of hydrogen-bond acceptors (Lipinski definition) is 4. The highest BCUT2D eigenvalue weighted by atomic mass is 16.5. The molecule has 126 valence electrons. The molecule has 3 rings (SSSR count). The SMILES string of the molecule is O=C(CC1CCCCO1)N1CCC(CN2CCOCC2)CC1. The highest BCUT2D eigenvalue weighted by molar-refractivity contribution is 5.76. The van der Waals surface area contributed by atoms with Gasteiger partial charge in [0.25, 0.3) is 0 Å². The molecule has 22 heavy (non-hydrogen) atoms. The van der Waals surface area contributed by atoms with E-state index in [0.717, 1.165) is 77.6 Å². The number of carbonyl (C=O) groups is 1. The number of morpholine rings is 1. The van der Waals surface area contributed by atoms with Crippen LogP contribution in [0.15, 0.2) is 0 Å². The van der Waals surface area contributed by atoms with E-state index in [-0.39, 0.29) is 6.10 Å². The van der Waals surface area contributed by atoms with Crippen LogP contribution in [-0.4, -0.2) is 74.4 Å². The van der Waals surface area contributed by atoms with E-state index in [4.69, 9.17) is 9.47 Å². The zero-order valence-electron chi connectivity index (χ0n) is 13.7. The number of piperidine rings is 1. The molecule has 5 heteroatoms. The number of likely N-dealkylation sites (tertiary alicyclic amines) is 1. The molecule has 1 amide bonds. The molecule has 0 aromatic carbocycles. The molecule has 0 aliphatic carbocycles. The minimum atomic E-state index is 0.173. The molecule has 0 radical (unpaired) electrons. The average molecular weight is 310 g/mol. The maximum Gasteiger partial charge on any atom is 0.225 e. The summed E-state index contributed by atoms with van der Waals surface area (Å²) in [4.78, 5) is 17.0. The lowest BCUT2D eigenvalue weighted by Gasteiger charge is -2.36. The van der Waals surface area contributed by atoms with E-state index in [1.807, 2.05) is 0 Å². The molecule has 0 spiro atoms. The fraction of sp³-hybridized carbons (Fsp3) is 0.941. The molecule has 3 fully saturated rings. The number of ether oxygens (including phenoxy) is 2. The summed E-state index contributed by atoms with van der Waals surface area (Å²) in [7, 11) is 0. The topological polar surface area (TPSA) is 42.0 Å². The van der Waals surface area contributed by atoms with Crippen LogP contribution in [0.5, 0.6) is 0 Å². The van der Waals surface area contributed by atoms with E-state index in [1.54, 1.807) is 0 Å². The second-order valence-corrected chi connectivity index (χ2v) is 6.93. The smallest absolute Gasteiger partial charge is 0.225 e. The highest BCUT2D eigenvalue weighted by Crippen LogP contribution is 2.22. The van der Waals surface area contributed by atoms with Gasteiger partial charge in [0.15, 0.2) is 0 Å². The first kappa shape index (κ1) is 16.2. The first-order valence-electron chi connectivity index (χ1n) is 9.01. The largest absolute Gasteiger partial charge is 0.379 e. The van der Waals surface area contributed by atoms with E-state index in [0.29, 0.717) is 12.3 Å². The minimum Gasteiger partial charge on any atom is -0.379 e. The monoisotopic (exact) mass is 310 g/mol. The summed E-state index contributed by atoms with van der Waals surface area (Å²) in [6.07, 6.45) is 6.47. The van der Waals surface area contributed by atoms with Crippen LogP contribution in [0.1, 0.15) is 38.5 Å². The lowest BCUT2D eigenvalue weighted by Crippen LogP contribution is -2.45. The van der Waals surface area contributed by atoms with E-state index in [2.05, 4.69) is 9.80 Å². The van der Waals surface area contributed by atoms with Crippen LogP contribution in [-0.2, 0) is 14.3 Å². The van der Waals surface area contributed by atoms with Crippen LogP contribution >= 0.6 is 0 Å². The molecule has 0 bridgehead atoms. The number of nitrogens with zero attached hydrogens (tertiary/aromatic N) is 2. The van der Waals surface area contributed by atoms with E-state index in [9.17, 15) is 4.79 Å². The first-order chi connectivity index (χ1) is 10.8. The van der Waals surface area contributed by atoms with Gasteiger partial charge in [-0.1, -0.05) is 0 Å². The Bertz CT molecular complexity index is 344. The summed E-state index contributed by atoms with van der Waals surface area (Å²) >= 11 is 0. The van der Waals surface area contributed by atoms with Crippen molar-refractivity contribution in [1.82, 2.24) is 9.80 Å². The van der Waals surface area contributed by atoms with Crippen molar-refractivity contribution in [3.63, 3.8) is 0 Å². The molecule has 0 aromatic heterocycles. The minimum absolute atomic E-state index is 0.173. The molecule has 3 heterocycles. The van der Waals surface area contributed by atoms with Crippen molar-refractivity contribution in [2.24, 2.45) is 5.92 Å². The molecular formula is C17H30N2O3. The van der Waals surface area contributed by atoms with Gasteiger partial charge in [-0.05, 0) is 38.0 Å². The molecule has 3 saturated heterocycles. The third-order valence-electron chi connectivity index (χ3n) is 5.26. The zero-order chi connectivity index (χ0) is 15.2. The second-order valence-electron chi connectivity index (χ2n) is 6.93. The lowest BCUT2D eigenvalue weighted by molar-refractivity contribution is -0.136. The van der Waals surface area contributed by atoms with Gasteiger partial charge in [-0.25, -0.2) is 0 Å². The summed E-state index contributed by atoms with van der Waals surface area (Å²) in [5.74, 6) is 1.05. The van der Waals surface area contributed by atoms with Crippen molar-refractivity contribution in [2.75, 3.05) is 52.5 Å². The molecule has 3 aliphatic rings. The van der Waals surface area contributed by atoms with Gasteiger partial charge in [0.2, 0.25) is 5.91 Å². The number of hydrogen-bond donors (Lipinski definition) is 0. The average Bonchev–Trinajstić information content (AvgIpc) is 2.57. The van der Waals surface area contributed by atoms with Crippen LogP contribution in [0.4, 0.5) is 0 Å². The van der Waals surface area contributed by atoms with Crippen molar-refractivity contribution < 1.29 is 14.3 Å². The van der Waals surface area contributed by atoms with Crippen molar-refractivity contribution in [1.29, 1.82) is 0 Å². The van der Waals surface area contributed by atoms with E-state index in [1.165, 1.54) is 13.0 Å². The summed E-state index contributed by atoms with van der Waals surface area (Å²) in [6, 6.07) is 0. The van der Waals surface area contributed by atoms with Gasteiger partial charge in [0.1, 0.15) is 0 Å². The van der Waals surface area contributed by atoms with Crippen molar-refractivity contribution >= 4 is 5.91 Å². The summed E-state index contributed by atoms with van der Waals surface area (Å²) < 4.78 is 11.1. The summed E-state index contributed by atoms with van der Waals surface area (Å²) in [5, 5.41) is 0. The van der Waals surface area contributed by atoms with Crippen LogP contribution < -0.4 is 0 Å². The Hall–Kier alpha value is -0.650. The molecule has 3 aliphatic heterocycles. The third-order valence-corrected chi connectivity index (χ3v) is 5.26. The van der Waals surface area contributed by atoms with Crippen LogP contribution in [0.2, 0.25) is 0 Å². The van der Waals surface area contributed by atoms with Crippen LogP contribution in [0, 0.1) is 5.92 Å². The third kappa shape index (κ3) is 4.67. The molecular weight excluding hydrogens is 280 g/mol. The Labute approximate surface area is 133 Å². The molecule has 0 saturated carbocycles. The predicted octanol–water partition coefficient (Wildman–Crippen LogP) is 1.52. The fourth-order valence-corrected chi connectivity index (χ4v) is 3.81. The molecule has 0 aromatic rings. The van der Waals surface area contributed by atoms with Crippen molar-refractivity contribution in [3.05, 3.63) is 0 Å². The van der Waals surface area contributed by atoms with Crippen LogP contribution in [0.3, 0.4) is 0 Å². The normalized spacial score (nSPS) is 28.7. The van der Waals surface area contributed by atoms with Gasteiger partial charge in [-0.15, -0.1) is 0 Å². The Morgan fingerprint density at radius 2 is 1.73 bits per heavy atom. The van der Waals surface area contributed by atoms with E-state index < -0.39 is 0 Å². The number of rotatable bonds is 4. The van der Waals surface area contributed by atoms with Gasteiger partial charge < -0.3 is 14.4 Å². The quantitative estimate of drug-likeness (QED) is 0.789. The highest BCUT2D eigenvalue weighted by Gasteiger charge is 2.27. The first-order valence-corrected chi connectivity index (χ1v) is 9.01. The van der Waals surface area contributed by atoms with Crippen molar-refractivity contribution in [2.45, 2.75) is 44.6 Å². The maximum atomic E-state index is 12.4. The standard InChI is InChI=1S/C17H30N2O3/c20-17(13-16-3-1-2-10-22-16)19-6-4-15(5-7-19)14-18-8-11-21-12-9-18/h15-16H,1-14H2. The predicted molar refractivity (Wildman–Crippen MR) is 84.8 cm³/mol. The number of amides is 1. The van der Waals surface area contributed by atoms with Gasteiger partial charge in [-0.3, -0.25) is 9.69 Å². The van der Waals surface area contributed by atoms with E-state index >= 15 is 0 Å². The Balaban J connectivity index is 1.36. The Morgan fingerprint density at radius 3 is 2.41 bits per heavy atom. The summed E-state index contributed by atoms with van der Waals surface area (Å²) in [5.41, 5.74) is 0. The summed E-state index contributed by atoms with van der Waals surface area (Å²) in [6.45, 7) is 7.76. The van der Waals surface area contributed by atoms with Crippen LogP contribution in [0.25, 0.3) is 0 Å². The number of carbonyl (C=O) groups excluding carboxylic acids is 1. The second kappa shape index (κ2) is 8.27. The molecule has 1 atom stereocenters. The van der Waals surface area contributed by atoms with Gasteiger partial charge in [-0.2, -0.15) is 0 Å². The fourth-order valence-electron chi connectivity index (χ4n) is 3.81. The molecule has 1 unspecified atom stereocenters. The van der Waals surface area contributed by atoms with Crippen molar-refractivity contribution in [3.8, 4) is 0 Å². The van der Waals surface area contributed by atoms with Gasteiger partial charge in [0.05, 0.1) is 25.7 Å². The maximum absolute atomic E-state index is 12.4. The Kier molecular flexibility index (Phi) is 6.10. The zero-order valence-corrected chi connectivity index (χ0v) is 13.7. The van der Waals surface area contributed by atoms with Gasteiger partial charge >= 0.3 is 0 Å².